The van der Waals surface area contributed by atoms with E-state index < -0.39 is 0 Å². The highest BCUT2D eigenvalue weighted by Gasteiger charge is 1.94. The summed E-state index contributed by atoms with van der Waals surface area (Å²) in [5, 5.41) is 20.1. The second-order valence-corrected chi connectivity index (χ2v) is 2.55. The first-order valence-corrected chi connectivity index (χ1v) is 4.07. The summed E-state index contributed by atoms with van der Waals surface area (Å²) >= 11 is 0. The Bertz CT molecular complexity index is 306. The largest absolute Gasteiger partial charge is 0.396 e. The zero-order valence-electron chi connectivity index (χ0n) is 7.20. The van der Waals surface area contributed by atoms with Gasteiger partial charge >= 0.3 is 0 Å². The lowest BCUT2D eigenvalue weighted by molar-refractivity contribution is 0.292. The lowest BCUT2D eigenvalue weighted by Crippen LogP contribution is -2.04. The second kappa shape index (κ2) is 5.12. The predicted octanol–water partition coefficient (Wildman–Crippen LogP) is 0.748. The maximum atomic E-state index is 8.59. The van der Waals surface area contributed by atoms with Crippen molar-refractivity contribution in [1.29, 1.82) is 5.26 Å². The second-order valence-electron chi connectivity index (χ2n) is 2.55. The Morgan fingerprint density at radius 1 is 1.62 bits per heavy atom. The minimum atomic E-state index is 0.158. The lowest BCUT2D eigenvalue weighted by atomic mass is 10.3. The van der Waals surface area contributed by atoms with Crippen LogP contribution in [0.5, 0.6) is 0 Å². The van der Waals surface area contributed by atoms with Crippen LogP contribution in [0.3, 0.4) is 0 Å². The van der Waals surface area contributed by atoms with Gasteiger partial charge in [0.25, 0.3) is 0 Å². The number of nitrogens with zero attached hydrogens (tertiary/aromatic N) is 2. The number of nitriles is 1. The van der Waals surface area contributed by atoms with Crippen LogP contribution < -0.4 is 5.32 Å². The molecule has 0 aromatic carbocycles. The van der Waals surface area contributed by atoms with Crippen LogP contribution in [0, 0.1) is 11.3 Å². The minimum Gasteiger partial charge on any atom is -0.396 e. The van der Waals surface area contributed by atoms with Crippen molar-refractivity contribution in [3.63, 3.8) is 0 Å². The van der Waals surface area contributed by atoms with E-state index in [-0.39, 0.29) is 6.61 Å². The number of aliphatic hydroxyl groups excluding tert-OH is 1. The third-order valence-corrected chi connectivity index (χ3v) is 1.53. The summed E-state index contributed by atoms with van der Waals surface area (Å²) in [6.07, 6.45) is 2.26. The van der Waals surface area contributed by atoms with E-state index in [1.54, 1.807) is 18.3 Å². The van der Waals surface area contributed by atoms with E-state index >= 15 is 0 Å². The molecule has 1 aromatic heterocycles. The summed E-state index contributed by atoms with van der Waals surface area (Å²) in [5.74, 6) is 0.674. The summed E-state index contributed by atoms with van der Waals surface area (Å²) in [6, 6.07) is 5.36. The molecule has 13 heavy (non-hydrogen) atoms. The van der Waals surface area contributed by atoms with E-state index in [1.165, 1.54) is 0 Å². The molecule has 0 radical (unpaired) electrons. The number of pyridine rings is 1. The number of hydrogen-bond donors (Lipinski definition) is 2. The van der Waals surface area contributed by atoms with Gasteiger partial charge in [0.15, 0.2) is 0 Å². The van der Waals surface area contributed by atoms with Gasteiger partial charge < -0.3 is 10.4 Å². The van der Waals surface area contributed by atoms with E-state index in [4.69, 9.17) is 10.4 Å². The average molecular weight is 177 g/mol. The number of aliphatic hydroxyl groups is 1. The van der Waals surface area contributed by atoms with Crippen LogP contribution >= 0.6 is 0 Å². The normalized spacial score (nSPS) is 9.23. The number of hydrogen-bond acceptors (Lipinski definition) is 4. The zero-order chi connectivity index (χ0) is 9.52. The molecule has 2 N–H and O–H groups in total. The highest BCUT2D eigenvalue weighted by atomic mass is 16.3. The molecular weight excluding hydrogens is 166 g/mol. The number of anilines is 1. The third kappa shape index (κ3) is 3.09. The SMILES string of the molecule is N#Cc1ccnc(NCCCO)c1. The summed E-state index contributed by atoms with van der Waals surface area (Å²) < 4.78 is 0. The molecule has 1 rings (SSSR count). The van der Waals surface area contributed by atoms with Gasteiger partial charge in [-0.2, -0.15) is 5.26 Å². The van der Waals surface area contributed by atoms with Crippen LogP contribution in [-0.2, 0) is 0 Å². The van der Waals surface area contributed by atoms with Gasteiger partial charge in [0.2, 0.25) is 0 Å². The Morgan fingerprint density at radius 3 is 3.15 bits per heavy atom. The minimum absolute atomic E-state index is 0.158. The maximum absolute atomic E-state index is 8.59. The standard InChI is InChI=1S/C9H11N3O/c10-7-8-2-4-12-9(6-8)11-3-1-5-13/h2,4,6,13H,1,3,5H2,(H,11,12). The number of rotatable bonds is 4. The molecule has 68 valence electrons. The molecular formula is C9H11N3O. The van der Waals surface area contributed by atoms with Crippen molar-refractivity contribution < 1.29 is 5.11 Å². The van der Waals surface area contributed by atoms with E-state index in [9.17, 15) is 0 Å². The van der Waals surface area contributed by atoms with Crippen molar-refractivity contribution in [2.75, 3.05) is 18.5 Å². The molecule has 0 aliphatic heterocycles. The van der Waals surface area contributed by atoms with Crippen molar-refractivity contribution in [3.05, 3.63) is 23.9 Å². The maximum Gasteiger partial charge on any atom is 0.127 e. The molecule has 4 nitrogen and oxygen atoms in total. The van der Waals surface area contributed by atoms with E-state index in [1.807, 2.05) is 6.07 Å². The van der Waals surface area contributed by atoms with E-state index in [2.05, 4.69) is 10.3 Å². The molecule has 0 aliphatic rings. The average Bonchev–Trinajstić information content (AvgIpc) is 2.19. The van der Waals surface area contributed by atoms with Gasteiger partial charge in [0.05, 0.1) is 11.6 Å². The van der Waals surface area contributed by atoms with Gasteiger partial charge in [-0.15, -0.1) is 0 Å². The van der Waals surface area contributed by atoms with Crippen LogP contribution in [0.2, 0.25) is 0 Å². The molecule has 0 amide bonds. The van der Waals surface area contributed by atoms with Crippen LogP contribution in [-0.4, -0.2) is 23.2 Å². The molecule has 0 saturated heterocycles. The Balaban J connectivity index is 2.52. The Morgan fingerprint density at radius 2 is 2.46 bits per heavy atom. The number of nitrogens with one attached hydrogen (secondary N) is 1. The van der Waals surface area contributed by atoms with Crippen molar-refractivity contribution >= 4 is 5.82 Å². The fraction of sp³-hybridized carbons (Fsp3) is 0.333. The first-order valence-electron chi connectivity index (χ1n) is 4.07. The summed E-state index contributed by atoms with van der Waals surface area (Å²) in [4.78, 5) is 4.02. The quantitative estimate of drug-likeness (QED) is 0.666. The Hall–Kier alpha value is -1.60. The fourth-order valence-electron chi connectivity index (χ4n) is 0.892. The lowest BCUT2D eigenvalue weighted by Gasteiger charge is -2.03. The summed E-state index contributed by atoms with van der Waals surface area (Å²) in [5.41, 5.74) is 0.585. The summed E-state index contributed by atoms with van der Waals surface area (Å²) in [6.45, 7) is 0.823. The zero-order valence-corrected chi connectivity index (χ0v) is 7.20. The molecule has 1 aromatic rings. The van der Waals surface area contributed by atoms with Gasteiger partial charge in [0.1, 0.15) is 5.82 Å². The van der Waals surface area contributed by atoms with Crippen molar-refractivity contribution in [2.45, 2.75) is 6.42 Å². The van der Waals surface area contributed by atoms with Crippen LogP contribution in [0.15, 0.2) is 18.3 Å². The Kier molecular flexibility index (Phi) is 3.74. The highest BCUT2D eigenvalue weighted by Crippen LogP contribution is 2.04. The molecule has 0 spiro atoms. The highest BCUT2D eigenvalue weighted by molar-refractivity contribution is 5.42. The van der Waals surface area contributed by atoms with Crippen LogP contribution in [0.25, 0.3) is 0 Å². The fourth-order valence-corrected chi connectivity index (χ4v) is 0.892. The van der Waals surface area contributed by atoms with Gasteiger partial charge in [-0.3, -0.25) is 0 Å². The molecule has 0 atom stereocenters. The molecule has 1 heterocycles. The molecule has 0 bridgehead atoms. The van der Waals surface area contributed by atoms with Crippen LogP contribution in [0.4, 0.5) is 5.82 Å². The molecule has 0 unspecified atom stereocenters. The monoisotopic (exact) mass is 177 g/mol. The topological polar surface area (TPSA) is 68.9 Å². The number of aromatic nitrogens is 1. The first-order chi connectivity index (χ1) is 6.36. The van der Waals surface area contributed by atoms with Gasteiger partial charge in [-0.1, -0.05) is 0 Å². The van der Waals surface area contributed by atoms with Gasteiger partial charge in [-0.25, -0.2) is 4.98 Å². The molecule has 0 aliphatic carbocycles. The molecule has 0 fully saturated rings. The molecule has 4 heteroatoms. The van der Waals surface area contributed by atoms with Crippen molar-refractivity contribution in [3.8, 4) is 6.07 Å². The van der Waals surface area contributed by atoms with Crippen LogP contribution in [0.1, 0.15) is 12.0 Å². The summed E-state index contributed by atoms with van der Waals surface area (Å²) in [7, 11) is 0. The van der Waals surface area contributed by atoms with Gasteiger partial charge in [0, 0.05) is 19.3 Å². The van der Waals surface area contributed by atoms with Crippen molar-refractivity contribution in [1.82, 2.24) is 4.98 Å². The predicted molar refractivity (Wildman–Crippen MR) is 49.1 cm³/mol. The van der Waals surface area contributed by atoms with E-state index in [0.717, 1.165) is 0 Å². The molecule has 0 saturated carbocycles. The Labute approximate surface area is 76.8 Å². The first kappa shape index (κ1) is 9.49. The van der Waals surface area contributed by atoms with Gasteiger partial charge in [-0.05, 0) is 18.6 Å². The van der Waals surface area contributed by atoms with Crippen molar-refractivity contribution in [2.24, 2.45) is 0 Å². The smallest absolute Gasteiger partial charge is 0.127 e. The third-order valence-electron chi connectivity index (χ3n) is 1.53. The van der Waals surface area contributed by atoms with E-state index in [0.29, 0.717) is 24.3 Å².